The van der Waals surface area contributed by atoms with E-state index in [1.54, 1.807) is 9.13 Å². The SMILES string of the molecule is Cn1c(Cn2c(=O)sc3ccccc32)nnc1SCc1ccc(C(F)(F)F)cc1. The third-order valence-electron chi connectivity index (χ3n) is 4.45. The minimum absolute atomic E-state index is 0.0619. The molecule has 0 bridgehead atoms. The summed E-state index contributed by atoms with van der Waals surface area (Å²) in [6.45, 7) is 0.299. The molecule has 150 valence electrons. The van der Waals surface area contributed by atoms with Gasteiger partial charge in [0.25, 0.3) is 0 Å². The van der Waals surface area contributed by atoms with Crippen LogP contribution in [-0.2, 0) is 25.5 Å². The smallest absolute Gasteiger partial charge is 0.308 e. The van der Waals surface area contributed by atoms with E-state index in [1.807, 2.05) is 31.3 Å². The van der Waals surface area contributed by atoms with Crippen LogP contribution in [0.5, 0.6) is 0 Å². The van der Waals surface area contributed by atoms with E-state index in [-0.39, 0.29) is 4.87 Å². The molecule has 4 rings (SSSR count). The van der Waals surface area contributed by atoms with Crippen LogP contribution < -0.4 is 4.87 Å². The predicted octanol–water partition coefficient (Wildman–Crippen LogP) is 4.55. The second-order valence-corrected chi connectivity index (χ2v) is 8.30. The number of hydrogen-bond acceptors (Lipinski definition) is 5. The Morgan fingerprint density at radius 2 is 1.79 bits per heavy atom. The van der Waals surface area contributed by atoms with Crippen LogP contribution >= 0.6 is 23.1 Å². The quantitative estimate of drug-likeness (QED) is 0.431. The molecule has 0 aliphatic rings. The van der Waals surface area contributed by atoms with Gasteiger partial charge in [-0.05, 0) is 29.8 Å². The van der Waals surface area contributed by atoms with Crippen LogP contribution in [0.2, 0.25) is 0 Å². The number of hydrogen-bond donors (Lipinski definition) is 0. The molecule has 0 N–H and O–H groups in total. The van der Waals surface area contributed by atoms with Gasteiger partial charge >= 0.3 is 11.0 Å². The molecular formula is C19H15F3N4OS2. The van der Waals surface area contributed by atoms with Crippen molar-refractivity contribution >= 4 is 33.3 Å². The fourth-order valence-corrected chi connectivity index (χ4v) is 4.63. The molecule has 0 saturated carbocycles. The lowest BCUT2D eigenvalue weighted by Gasteiger charge is -2.08. The normalized spacial score (nSPS) is 12.0. The van der Waals surface area contributed by atoms with Gasteiger partial charge in [-0.25, -0.2) is 0 Å². The molecule has 0 unspecified atom stereocenters. The molecule has 2 aromatic carbocycles. The Kier molecular flexibility index (Phi) is 5.22. The van der Waals surface area contributed by atoms with E-state index in [4.69, 9.17) is 0 Å². The standard InChI is InChI=1S/C19H15F3N4OS2/c1-25-16(10-26-14-4-2-3-5-15(14)29-18(26)27)23-24-17(25)28-11-12-6-8-13(9-7-12)19(20,21)22/h2-9H,10-11H2,1H3. The van der Waals surface area contributed by atoms with Crippen LogP contribution in [0.4, 0.5) is 13.2 Å². The summed E-state index contributed by atoms with van der Waals surface area (Å²) in [6.07, 6.45) is -4.34. The predicted molar refractivity (Wildman–Crippen MR) is 107 cm³/mol. The third-order valence-corrected chi connectivity index (χ3v) is 6.50. The van der Waals surface area contributed by atoms with Gasteiger partial charge in [0.05, 0.1) is 22.3 Å². The Labute approximate surface area is 171 Å². The van der Waals surface area contributed by atoms with Crippen LogP contribution in [0.3, 0.4) is 0 Å². The van der Waals surface area contributed by atoms with E-state index in [0.29, 0.717) is 23.3 Å². The zero-order valence-corrected chi connectivity index (χ0v) is 16.8. The first-order chi connectivity index (χ1) is 13.8. The Hall–Kier alpha value is -2.59. The first-order valence-electron chi connectivity index (χ1n) is 8.58. The highest BCUT2D eigenvalue weighted by Crippen LogP contribution is 2.30. The summed E-state index contributed by atoms with van der Waals surface area (Å²) in [5, 5.41) is 8.98. The second kappa shape index (κ2) is 7.68. The van der Waals surface area contributed by atoms with E-state index >= 15 is 0 Å². The first-order valence-corrected chi connectivity index (χ1v) is 10.4. The molecule has 5 nitrogen and oxygen atoms in total. The van der Waals surface area contributed by atoms with E-state index in [1.165, 1.54) is 35.2 Å². The maximum atomic E-state index is 12.7. The summed E-state index contributed by atoms with van der Waals surface area (Å²) >= 11 is 2.56. The van der Waals surface area contributed by atoms with Crippen molar-refractivity contribution in [2.45, 2.75) is 23.6 Å². The average molecular weight is 436 g/mol. The van der Waals surface area contributed by atoms with E-state index in [2.05, 4.69) is 10.2 Å². The van der Waals surface area contributed by atoms with Crippen molar-refractivity contribution in [3.63, 3.8) is 0 Å². The van der Waals surface area contributed by atoms with Gasteiger partial charge in [-0.1, -0.05) is 47.4 Å². The van der Waals surface area contributed by atoms with Gasteiger partial charge in [0.15, 0.2) is 11.0 Å². The lowest BCUT2D eigenvalue weighted by atomic mass is 10.1. The Morgan fingerprint density at radius 1 is 1.07 bits per heavy atom. The minimum atomic E-state index is -4.34. The van der Waals surface area contributed by atoms with Crippen LogP contribution in [0.25, 0.3) is 10.2 Å². The largest absolute Gasteiger partial charge is 0.416 e. The molecule has 0 amide bonds. The van der Waals surface area contributed by atoms with Crippen molar-refractivity contribution < 1.29 is 13.2 Å². The molecule has 0 atom stereocenters. The first kappa shape index (κ1) is 19.7. The number of aromatic nitrogens is 4. The van der Waals surface area contributed by atoms with Crippen molar-refractivity contribution in [3.8, 4) is 0 Å². The van der Waals surface area contributed by atoms with Crippen molar-refractivity contribution in [2.75, 3.05) is 0 Å². The Morgan fingerprint density at radius 3 is 2.52 bits per heavy atom. The number of thiazole rings is 1. The lowest BCUT2D eigenvalue weighted by molar-refractivity contribution is -0.137. The summed E-state index contributed by atoms with van der Waals surface area (Å²) < 4.78 is 42.3. The number of nitrogens with zero attached hydrogens (tertiary/aromatic N) is 4. The van der Waals surface area contributed by atoms with Crippen molar-refractivity contribution in [3.05, 3.63) is 75.1 Å². The Bertz CT molecular complexity index is 1210. The minimum Gasteiger partial charge on any atom is -0.308 e. The maximum absolute atomic E-state index is 12.7. The highest BCUT2D eigenvalue weighted by atomic mass is 32.2. The molecule has 0 aliphatic carbocycles. The summed E-state index contributed by atoms with van der Waals surface area (Å²) in [7, 11) is 1.81. The van der Waals surface area contributed by atoms with Crippen LogP contribution in [0, 0.1) is 0 Å². The van der Waals surface area contributed by atoms with Gasteiger partial charge in [0, 0.05) is 12.8 Å². The number of halogens is 3. The second-order valence-electron chi connectivity index (χ2n) is 6.36. The summed E-state index contributed by atoms with van der Waals surface area (Å²) in [5.41, 5.74) is 0.942. The molecule has 0 spiro atoms. The summed E-state index contributed by atoms with van der Waals surface area (Å²) in [5.74, 6) is 1.09. The number of rotatable bonds is 5. The molecule has 29 heavy (non-hydrogen) atoms. The van der Waals surface area contributed by atoms with Gasteiger partial charge in [0.2, 0.25) is 0 Å². The van der Waals surface area contributed by atoms with Gasteiger partial charge < -0.3 is 4.57 Å². The van der Waals surface area contributed by atoms with Crippen LogP contribution in [-0.4, -0.2) is 19.3 Å². The van der Waals surface area contributed by atoms with E-state index in [0.717, 1.165) is 27.9 Å². The van der Waals surface area contributed by atoms with Crippen molar-refractivity contribution in [1.82, 2.24) is 19.3 Å². The van der Waals surface area contributed by atoms with E-state index < -0.39 is 11.7 Å². The topological polar surface area (TPSA) is 52.7 Å². The highest BCUT2D eigenvalue weighted by molar-refractivity contribution is 7.98. The van der Waals surface area contributed by atoms with Crippen LogP contribution in [0.1, 0.15) is 17.0 Å². The van der Waals surface area contributed by atoms with Crippen molar-refractivity contribution in [2.24, 2.45) is 7.05 Å². The van der Waals surface area contributed by atoms with Crippen LogP contribution in [0.15, 0.2) is 58.5 Å². The zero-order chi connectivity index (χ0) is 20.6. The third kappa shape index (κ3) is 4.08. The average Bonchev–Trinajstić information content (AvgIpc) is 3.20. The van der Waals surface area contributed by atoms with Gasteiger partial charge in [-0.15, -0.1) is 10.2 Å². The monoisotopic (exact) mass is 436 g/mol. The number of thioether (sulfide) groups is 1. The molecule has 2 heterocycles. The molecule has 0 radical (unpaired) electrons. The molecule has 4 aromatic rings. The van der Waals surface area contributed by atoms with E-state index in [9.17, 15) is 18.0 Å². The molecule has 0 saturated heterocycles. The zero-order valence-electron chi connectivity index (χ0n) is 15.2. The van der Waals surface area contributed by atoms with Crippen molar-refractivity contribution in [1.29, 1.82) is 0 Å². The number of para-hydroxylation sites is 1. The fraction of sp³-hybridized carbons (Fsp3) is 0.211. The van der Waals surface area contributed by atoms with Gasteiger partial charge in [0.1, 0.15) is 0 Å². The molecule has 0 fully saturated rings. The molecule has 0 aliphatic heterocycles. The number of fused-ring (bicyclic) bond motifs is 1. The molecule has 10 heteroatoms. The maximum Gasteiger partial charge on any atom is 0.416 e. The number of benzene rings is 2. The summed E-state index contributed by atoms with van der Waals surface area (Å²) in [4.78, 5) is 12.2. The number of alkyl halides is 3. The fourth-order valence-electron chi connectivity index (χ4n) is 2.85. The Balaban J connectivity index is 1.49. The summed E-state index contributed by atoms with van der Waals surface area (Å²) in [6, 6.07) is 12.6. The molecular weight excluding hydrogens is 421 g/mol. The highest BCUT2D eigenvalue weighted by Gasteiger charge is 2.29. The van der Waals surface area contributed by atoms with Gasteiger partial charge in [-0.3, -0.25) is 9.36 Å². The van der Waals surface area contributed by atoms with Gasteiger partial charge in [-0.2, -0.15) is 13.2 Å². The lowest BCUT2D eigenvalue weighted by Crippen LogP contribution is -2.16. The molecule has 2 aromatic heterocycles.